The first-order valence-electron chi connectivity index (χ1n) is 8.56. The molecule has 0 bridgehead atoms. The molecule has 5 nitrogen and oxygen atoms in total. The molecule has 1 amide bonds. The summed E-state index contributed by atoms with van der Waals surface area (Å²) in [6, 6.07) is 11.5. The second-order valence-corrected chi connectivity index (χ2v) is 8.72. The molecule has 7 heteroatoms. The normalized spacial score (nSPS) is 15.6. The van der Waals surface area contributed by atoms with Crippen LogP contribution >= 0.6 is 11.6 Å². The molecule has 26 heavy (non-hydrogen) atoms. The fraction of sp³-hybridized carbons (Fsp3) is 0.316. The highest BCUT2D eigenvalue weighted by Crippen LogP contribution is 2.26. The van der Waals surface area contributed by atoms with E-state index >= 15 is 0 Å². The van der Waals surface area contributed by atoms with Gasteiger partial charge in [-0.05, 0) is 49.6 Å². The SMILES string of the molecule is Cc1cccc(Cl)c1NC(=O)c1cccc(S(=O)(=O)N2CCCCC2)c1. The summed E-state index contributed by atoms with van der Waals surface area (Å²) in [7, 11) is -3.58. The van der Waals surface area contributed by atoms with Gasteiger partial charge in [0.2, 0.25) is 10.0 Å². The van der Waals surface area contributed by atoms with E-state index in [1.54, 1.807) is 24.3 Å². The zero-order chi connectivity index (χ0) is 18.7. The Labute approximate surface area is 159 Å². The minimum atomic E-state index is -3.58. The average Bonchev–Trinajstić information content (AvgIpc) is 2.65. The molecule has 1 saturated heterocycles. The van der Waals surface area contributed by atoms with Crippen LogP contribution in [0.5, 0.6) is 0 Å². The molecular formula is C19H21ClN2O3S. The van der Waals surface area contributed by atoms with Gasteiger partial charge < -0.3 is 5.32 Å². The predicted octanol–water partition coefficient (Wildman–Crippen LogP) is 4.08. The number of hydrogen-bond donors (Lipinski definition) is 1. The molecular weight excluding hydrogens is 372 g/mol. The molecule has 0 aliphatic carbocycles. The highest BCUT2D eigenvalue weighted by atomic mass is 35.5. The fourth-order valence-electron chi connectivity index (χ4n) is 3.03. The Morgan fingerprint density at radius 1 is 1.08 bits per heavy atom. The smallest absolute Gasteiger partial charge is 0.255 e. The molecule has 0 radical (unpaired) electrons. The quantitative estimate of drug-likeness (QED) is 0.852. The fourth-order valence-corrected chi connectivity index (χ4v) is 4.86. The van der Waals surface area contributed by atoms with Crippen molar-refractivity contribution in [2.75, 3.05) is 18.4 Å². The van der Waals surface area contributed by atoms with Crippen LogP contribution in [-0.4, -0.2) is 31.7 Å². The number of aryl methyl sites for hydroxylation is 1. The van der Waals surface area contributed by atoms with Gasteiger partial charge in [0.05, 0.1) is 15.6 Å². The van der Waals surface area contributed by atoms with Crippen molar-refractivity contribution in [3.05, 3.63) is 58.6 Å². The number of anilines is 1. The maximum atomic E-state index is 12.8. The lowest BCUT2D eigenvalue weighted by Gasteiger charge is -2.26. The summed E-state index contributed by atoms with van der Waals surface area (Å²) < 4.78 is 27.1. The van der Waals surface area contributed by atoms with E-state index in [4.69, 9.17) is 11.6 Å². The van der Waals surface area contributed by atoms with Gasteiger partial charge in [0.1, 0.15) is 0 Å². The molecule has 0 aromatic heterocycles. The van der Waals surface area contributed by atoms with Crippen molar-refractivity contribution in [1.82, 2.24) is 4.31 Å². The van der Waals surface area contributed by atoms with Crippen LogP contribution < -0.4 is 5.32 Å². The third-order valence-corrected chi connectivity index (χ3v) is 6.72. The van der Waals surface area contributed by atoms with E-state index < -0.39 is 15.9 Å². The first-order valence-corrected chi connectivity index (χ1v) is 10.4. The predicted molar refractivity (Wildman–Crippen MR) is 103 cm³/mol. The lowest BCUT2D eigenvalue weighted by molar-refractivity contribution is 0.102. The van der Waals surface area contributed by atoms with Crippen LogP contribution in [-0.2, 0) is 10.0 Å². The van der Waals surface area contributed by atoms with Gasteiger partial charge in [0, 0.05) is 18.7 Å². The molecule has 0 saturated carbocycles. The number of nitrogens with one attached hydrogen (secondary N) is 1. The first-order chi connectivity index (χ1) is 12.4. The van der Waals surface area contributed by atoms with Crippen molar-refractivity contribution in [2.24, 2.45) is 0 Å². The first kappa shape index (κ1) is 18.9. The Morgan fingerprint density at radius 2 is 1.77 bits per heavy atom. The van der Waals surface area contributed by atoms with Gasteiger partial charge in [-0.15, -0.1) is 0 Å². The second-order valence-electron chi connectivity index (χ2n) is 6.38. The van der Waals surface area contributed by atoms with Crippen molar-refractivity contribution in [3.63, 3.8) is 0 Å². The molecule has 1 aliphatic heterocycles. The average molecular weight is 393 g/mol. The van der Waals surface area contributed by atoms with Gasteiger partial charge in [0.15, 0.2) is 0 Å². The highest BCUT2D eigenvalue weighted by Gasteiger charge is 2.26. The molecule has 0 unspecified atom stereocenters. The number of halogens is 1. The molecule has 0 spiro atoms. The van der Waals surface area contributed by atoms with E-state index in [1.165, 1.54) is 16.4 Å². The topological polar surface area (TPSA) is 66.5 Å². The third kappa shape index (κ3) is 3.92. The van der Waals surface area contributed by atoms with Gasteiger partial charge in [-0.2, -0.15) is 4.31 Å². The molecule has 138 valence electrons. The number of carbonyl (C=O) groups excluding carboxylic acids is 1. The number of benzene rings is 2. The van der Waals surface area contributed by atoms with Crippen molar-refractivity contribution in [2.45, 2.75) is 31.1 Å². The number of para-hydroxylation sites is 1. The van der Waals surface area contributed by atoms with Crippen LogP contribution in [0.1, 0.15) is 35.2 Å². The zero-order valence-electron chi connectivity index (χ0n) is 14.5. The number of amides is 1. The van der Waals surface area contributed by atoms with Gasteiger partial charge >= 0.3 is 0 Å². The zero-order valence-corrected chi connectivity index (χ0v) is 16.1. The highest BCUT2D eigenvalue weighted by molar-refractivity contribution is 7.89. The van der Waals surface area contributed by atoms with E-state index in [9.17, 15) is 13.2 Å². The Balaban J connectivity index is 1.86. The number of piperidine rings is 1. The molecule has 1 fully saturated rings. The van der Waals surface area contributed by atoms with E-state index in [1.807, 2.05) is 13.0 Å². The summed E-state index contributed by atoms with van der Waals surface area (Å²) in [5, 5.41) is 3.21. The minimum Gasteiger partial charge on any atom is -0.320 e. The van der Waals surface area contributed by atoms with Crippen LogP contribution in [0.25, 0.3) is 0 Å². The second kappa shape index (κ2) is 7.78. The minimum absolute atomic E-state index is 0.142. The van der Waals surface area contributed by atoms with Crippen LogP contribution in [0, 0.1) is 6.92 Å². The maximum absolute atomic E-state index is 12.8. The number of rotatable bonds is 4. The Bertz CT molecular complexity index is 902. The Kier molecular flexibility index (Phi) is 5.65. The number of sulfonamides is 1. The van der Waals surface area contributed by atoms with Gasteiger partial charge in [-0.1, -0.05) is 36.2 Å². The largest absolute Gasteiger partial charge is 0.320 e. The summed E-state index contributed by atoms with van der Waals surface area (Å²) in [4.78, 5) is 12.7. The van der Waals surface area contributed by atoms with E-state index in [-0.39, 0.29) is 10.5 Å². The molecule has 0 atom stereocenters. The number of hydrogen-bond acceptors (Lipinski definition) is 3. The van der Waals surface area contributed by atoms with E-state index in [2.05, 4.69) is 5.32 Å². The van der Waals surface area contributed by atoms with Crippen molar-refractivity contribution in [1.29, 1.82) is 0 Å². The number of carbonyl (C=O) groups is 1. The van der Waals surface area contributed by atoms with E-state index in [0.717, 1.165) is 24.8 Å². The van der Waals surface area contributed by atoms with Crippen LogP contribution in [0.4, 0.5) is 5.69 Å². The molecule has 1 N–H and O–H groups in total. The summed E-state index contributed by atoms with van der Waals surface area (Å²) in [6.45, 7) is 2.90. The standard InChI is InChI=1S/C19H21ClN2O3S/c1-14-7-5-10-17(20)18(14)21-19(23)15-8-6-9-16(13-15)26(24,25)22-11-3-2-4-12-22/h5-10,13H,2-4,11-12H2,1H3,(H,21,23). The third-order valence-electron chi connectivity index (χ3n) is 4.51. The molecule has 3 rings (SSSR count). The Morgan fingerprint density at radius 3 is 2.46 bits per heavy atom. The van der Waals surface area contributed by atoms with Crippen LogP contribution in [0.2, 0.25) is 5.02 Å². The van der Waals surface area contributed by atoms with E-state index in [0.29, 0.717) is 23.8 Å². The van der Waals surface area contributed by atoms with Crippen LogP contribution in [0.15, 0.2) is 47.4 Å². The maximum Gasteiger partial charge on any atom is 0.255 e. The van der Waals surface area contributed by atoms with Gasteiger partial charge in [0.25, 0.3) is 5.91 Å². The lowest BCUT2D eigenvalue weighted by atomic mass is 10.1. The van der Waals surface area contributed by atoms with Gasteiger partial charge in [-0.3, -0.25) is 4.79 Å². The Hall–Kier alpha value is -1.89. The monoisotopic (exact) mass is 392 g/mol. The van der Waals surface area contributed by atoms with Crippen molar-refractivity contribution in [3.8, 4) is 0 Å². The molecule has 2 aromatic rings. The molecule has 1 aliphatic rings. The summed E-state index contributed by atoms with van der Waals surface area (Å²) >= 11 is 6.15. The lowest BCUT2D eigenvalue weighted by Crippen LogP contribution is -2.35. The summed E-state index contributed by atoms with van der Waals surface area (Å²) in [5.74, 6) is -0.392. The van der Waals surface area contributed by atoms with Crippen LogP contribution in [0.3, 0.4) is 0 Å². The van der Waals surface area contributed by atoms with Crippen molar-refractivity contribution >= 4 is 33.2 Å². The molecule has 1 heterocycles. The number of nitrogens with zero attached hydrogens (tertiary/aromatic N) is 1. The summed E-state index contributed by atoms with van der Waals surface area (Å²) in [6.07, 6.45) is 2.78. The molecule has 2 aromatic carbocycles. The van der Waals surface area contributed by atoms with Gasteiger partial charge in [-0.25, -0.2) is 8.42 Å². The summed E-state index contributed by atoms with van der Waals surface area (Å²) in [5.41, 5.74) is 1.65. The van der Waals surface area contributed by atoms with Crippen molar-refractivity contribution < 1.29 is 13.2 Å².